The summed E-state index contributed by atoms with van der Waals surface area (Å²) in [6, 6.07) is 3.62. The van der Waals surface area contributed by atoms with Gasteiger partial charge in [-0.3, -0.25) is 9.59 Å². The summed E-state index contributed by atoms with van der Waals surface area (Å²) in [7, 11) is 0. The Kier molecular flexibility index (Phi) is 5.15. The van der Waals surface area contributed by atoms with Crippen molar-refractivity contribution in [2.24, 2.45) is 0 Å². The molecule has 5 heteroatoms. The van der Waals surface area contributed by atoms with Gasteiger partial charge in [0, 0.05) is 24.3 Å². The lowest BCUT2D eigenvalue weighted by Crippen LogP contribution is -2.47. The zero-order valence-electron chi connectivity index (χ0n) is 10.3. The van der Waals surface area contributed by atoms with Gasteiger partial charge in [-0.1, -0.05) is 6.07 Å². The molecule has 1 aromatic rings. The van der Waals surface area contributed by atoms with Gasteiger partial charge >= 0.3 is 0 Å². The topological polar surface area (TPSA) is 58.2 Å². The minimum absolute atomic E-state index is 0.0670. The molecule has 0 saturated heterocycles. The van der Waals surface area contributed by atoms with E-state index in [9.17, 15) is 9.59 Å². The highest BCUT2D eigenvalue weighted by Crippen LogP contribution is 2.10. The Morgan fingerprint density at radius 3 is 2.59 bits per heavy atom. The number of hydrogen-bond donors (Lipinski definition) is 2. The maximum atomic E-state index is 11.7. The molecule has 0 radical (unpaired) electrons. The van der Waals surface area contributed by atoms with Crippen LogP contribution in [0.2, 0.25) is 0 Å². The fraction of sp³-hybridized carbons (Fsp3) is 0.500. The Hall–Kier alpha value is -1.36. The minimum atomic E-state index is -0.488. The third-order valence-corrected chi connectivity index (χ3v) is 3.19. The SMILES string of the molecule is CC(=O)N[C@H](C)C(=O)N[C@H](C)Cc1cccs1. The third-order valence-electron chi connectivity index (χ3n) is 2.29. The van der Waals surface area contributed by atoms with Crippen LogP contribution in [0.4, 0.5) is 0 Å². The summed E-state index contributed by atoms with van der Waals surface area (Å²) < 4.78 is 0. The highest BCUT2D eigenvalue weighted by atomic mass is 32.1. The van der Waals surface area contributed by atoms with E-state index in [2.05, 4.69) is 10.6 Å². The van der Waals surface area contributed by atoms with Gasteiger partial charge in [-0.2, -0.15) is 0 Å². The average molecular weight is 254 g/mol. The number of thiophene rings is 1. The lowest BCUT2D eigenvalue weighted by molar-refractivity contribution is -0.128. The van der Waals surface area contributed by atoms with Crippen LogP contribution in [0.3, 0.4) is 0 Å². The Balaban J connectivity index is 2.37. The molecule has 94 valence electrons. The molecule has 0 unspecified atom stereocenters. The van der Waals surface area contributed by atoms with Gasteiger partial charge in [-0.05, 0) is 25.3 Å². The van der Waals surface area contributed by atoms with Crippen LogP contribution in [0.15, 0.2) is 17.5 Å². The highest BCUT2D eigenvalue weighted by Gasteiger charge is 2.15. The Labute approximate surface area is 105 Å². The van der Waals surface area contributed by atoms with E-state index < -0.39 is 6.04 Å². The van der Waals surface area contributed by atoms with E-state index in [1.807, 2.05) is 24.4 Å². The maximum absolute atomic E-state index is 11.7. The van der Waals surface area contributed by atoms with E-state index in [4.69, 9.17) is 0 Å². The van der Waals surface area contributed by atoms with E-state index in [0.717, 1.165) is 6.42 Å². The second-order valence-corrected chi connectivity index (χ2v) is 5.15. The molecule has 1 aromatic heterocycles. The van der Waals surface area contributed by atoms with Gasteiger partial charge in [0.1, 0.15) is 6.04 Å². The molecule has 2 atom stereocenters. The largest absolute Gasteiger partial charge is 0.352 e. The first-order valence-electron chi connectivity index (χ1n) is 5.59. The molecule has 4 nitrogen and oxygen atoms in total. The van der Waals surface area contributed by atoms with Gasteiger partial charge in [0.15, 0.2) is 0 Å². The fourth-order valence-corrected chi connectivity index (χ4v) is 2.36. The molecule has 2 N–H and O–H groups in total. The molecule has 0 aliphatic heterocycles. The van der Waals surface area contributed by atoms with Crippen LogP contribution in [-0.4, -0.2) is 23.9 Å². The van der Waals surface area contributed by atoms with Crippen molar-refractivity contribution in [2.45, 2.75) is 39.3 Å². The van der Waals surface area contributed by atoms with Crippen molar-refractivity contribution in [2.75, 3.05) is 0 Å². The van der Waals surface area contributed by atoms with Crippen LogP contribution in [-0.2, 0) is 16.0 Å². The van der Waals surface area contributed by atoms with Crippen molar-refractivity contribution in [3.05, 3.63) is 22.4 Å². The second-order valence-electron chi connectivity index (χ2n) is 4.12. The van der Waals surface area contributed by atoms with Crippen molar-refractivity contribution in [3.63, 3.8) is 0 Å². The van der Waals surface area contributed by atoms with Crippen molar-refractivity contribution in [1.29, 1.82) is 0 Å². The van der Waals surface area contributed by atoms with Gasteiger partial charge < -0.3 is 10.6 Å². The molecule has 0 fully saturated rings. The van der Waals surface area contributed by atoms with Crippen molar-refractivity contribution < 1.29 is 9.59 Å². The first kappa shape index (κ1) is 13.7. The number of nitrogens with one attached hydrogen (secondary N) is 2. The fourth-order valence-electron chi connectivity index (χ4n) is 1.52. The van der Waals surface area contributed by atoms with Crippen LogP contribution in [0.1, 0.15) is 25.6 Å². The summed E-state index contributed by atoms with van der Waals surface area (Å²) in [5.74, 6) is -0.345. The molecule has 0 aliphatic carbocycles. The van der Waals surface area contributed by atoms with Crippen molar-refractivity contribution >= 4 is 23.2 Å². The molecule has 0 bridgehead atoms. The predicted octanol–water partition coefficient (Wildman–Crippen LogP) is 1.32. The monoisotopic (exact) mass is 254 g/mol. The highest BCUT2D eigenvalue weighted by molar-refractivity contribution is 7.09. The summed E-state index contributed by atoms with van der Waals surface area (Å²) in [5, 5.41) is 7.45. The van der Waals surface area contributed by atoms with Gasteiger partial charge in [-0.25, -0.2) is 0 Å². The molecular formula is C12H18N2O2S. The quantitative estimate of drug-likeness (QED) is 0.832. The Bertz CT molecular complexity index is 376. The van der Waals surface area contributed by atoms with E-state index >= 15 is 0 Å². The first-order chi connectivity index (χ1) is 7.99. The maximum Gasteiger partial charge on any atom is 0.242 e. The minimum Gasteiger partial charge on any atom is -0.352 e. The third kappa shape index (κ3) is 4.99. The molecule has 2 amide bonds. The standard InChI is InChI=1S/C12H18N2O2S/c1-8(7-11-5-4-6-17-11)13-12(16)9(2)14-10(3)15/h4-6,8-9H,7H2,1-3H3,(H,13,16)(H,14,15)/t8-,9-/m1/s1. The molecule has 1 rings (SSSR count). The Morgan fingerprint density at radius 1 is 1.35 bits per heavy atom. The van der Waals surface area contributed by atoms with E-state index in [1.165, 1.54) is 11.8 Å². The van der Waals surface area contributed by atoms with E-state index in [1.54, 1.807) is 18.3 Å². The predicted molar refractivity (Wildman–Crippen MR) is 68.9 cm³/mol. The number of amides is 2. The van der Waals surface area contributed by atoms with Crippen LogP contribution < -0.4 is 10.6 Å². The van der Waals surface area contributed by atoms with Crippen molar-refractivity contribution in [3.8, 4) is 0 Å². The lowest BCUT2D eigenvalue weighted by Gasteiger charge is -2.17. The number of carbonyl (C=O) groups is 2. The Morgan fingerprint density at radius 2 is 2.06 bits per heavy atom. The van der Waals surface area contributed by atoms with Crippen LogP contribution >= 0.6 is 11.3 Å². The zero-order chi connectivity index (χ0) is 12.8. The van der Waals surface area contributed by atoms with Gasteiger partial charge in [0.2, 0.25) is 11.8 Å². The number of hydrogen-bond acceptors (Lipinski definition) is 3. The average Bonchev–Trinajstić information content (AvgIpc) is 2.68. The molecule has 0 saturated carbocycles. The van der Waals surface area contributed by atoms with E-state index in [0.29, 0.717) is 0 Å². The molecular weight excluding hydrogens is 236 g/mol. The summed E-state index contributed by atoms with van der Waals surface area (Å²) in [6.07, 6.45) is 0.816. The summed E-state index contributed by atoms with van der Waals surface area (Å²) >= 11 is 1.68. The van der Waals surface area contributed by atoms with Crippen LogP contribution in [0.25, 0.3) is 0 Å². The van der Waals surface area contributed by atoms with Gasteiger partial charge in [0.05, 0.1) is 0 Å². The van der Waals surface area contributed by atoms with Crippen molar-refractivity contribution in [1.82, 2.24) is 10.6 Å². The van der Waals surface area contributed by atoms with E-state index in [-0.39, 0.29) is 17.9 Å². The van der Waals surface area contributed by atoms with Crippen LogP contribution in [0, 0.1) is 0 Å². The second kappa shape index (κ2) is 6.39. The normalized spacial score (nSPS) is 13.8. The van der Waals surface area contributed by atoms with Crippen LogP contribution in [0.5, 0.6) is 0 Å². The van der Waals surface area contributed by atoms with Gasteiger partial charge in [0.25, 0.3) is 0 Å². The first-order valence-corrected chi connectivity index (χ1v) is 6.47. The summed E-state index contributed by atoms with van der Waals surface area (Å²) in [6.45, 7) is 5.03. The molecule has 0 aliphatic rings. The number of carbonyl (C=O) groups excluding carboxylic acids is 2. The molecule has 17 heavy (non-hydrogen) atoms. The number of rotatable bonds is 5. The summed E-state index contributed by atoms with van der Waals surface area (Å²) in [4.78, 5) is 23.7. The smallest absolute Gasteiger partial charge is 0.242 e. The summed E-state index contributed by atoms with van der Waals surface area (Å²) in [5.41, 5.74) is 0. The van der Waals surface area contributed by atoms with Gasteiger partial charge in [-0.15, -0.1) is 11.3 Å². The zero-order valence-corrected chi connectivity index (χ0v) is 11.1. The molecule has 0 aromatic carbocycles. The lowest BCUT2D eigenvalue weighted by atomic mass is 10.2. The molecule has 1 heterocycles. The molecule has 0 spiro atoms.